The molecule has 32 heavy (non-hydrogen) atoms. The smallest absolute Gasteiger partial charge is 0.222 e. The van der Waals surface area contributed by atoms with Crippen LogP contribution in [-0.2, 0) is 16.1 Å². The molecule has 1 fully saturated rings. The molecule has 2 aromatic rings. The third-order valence-electron chi connectivity index (χ3n) is 6.50. The molecular formula is C27H36FNO3. The summed E-state index contributed by atoms with van der Waals surface area (Å²) in [6.07, 6.45) is 3.25. The molecule has 0 unspecified atom stereocenters. The van der Waals surface area contributed by atoms with Gasteiger partial charge < -0.3 is 14.4 Å². The normalized spacial score (nSPS) is 18.7. The number of hydrogen-bond donors (Lipinski definition) is 0. The highest BCUT2D eigenvalue weighted by molar-refractivity contribution is 5.75. The number of carbonyl (C=O) groups excluding carboxylic acids is 1. The van der Waals surface area contributed by atoms with Crippen LogP contribution in [0.3, 0.4) is 0 Å². The first-order chi connectivity index (χ1) is 15.3. The highest BCUT2D eigenvalue weighted by Crippen LogP contribution is 2.40. The zero-order valence-corrected chi connectivity index (χ0v) is 19.8. The molecule has 0 saturated carbocycles. The number of halogens is 1. The van der Waals surface area contributed by atoms with Gasteiger partial charge in [-0.3, -0.25) is 4.79 Å². The SMILES string of the molecule is CCC(=O)N(CC[C@H](c1ccc(F)cc1)[C@@H]1CCOC(C)(C)C1)Cc1ccc(OC)cc1. The summed E-state index contributed by atoms with van der Waals surface area (Å²) in [6.45, 7) is 8.15. The number of rotatable bonds is 9. The fourth-order valence-corrected chi connectivity index (χ4v) is 4.77. The van der Waals surface area contributed by atoms with Crippen LogP contribution in [-0.4, -0.2) is 36.7 Å². The molecule has 0 bridgehead atoms. The van der Waals surface area contributed by atoms with Gasteiger partial charge in [0.15, 0.2) is 0 Å². The molecule has 0 radical (unpaired) electrons. The lowest BCUT2D eigenvalue weighted by Gasteiger charge is -2.40. The molecule has 5 heteroatoms. The lowest BCUT2D eigenvalue weighted by Crippen LogP contribution is -2.38. The number of methoxy groups -OCH3 is 1. The molecule has 1 aliphatic rings. The Kier molecular flexibility index (Phi) is 8.30. The number of amides is 1. The second-order valence-corrected chi connectivity index (χ2v) is 9.32. The minimum Gasteiger partial charge on any atom is -0.497 e. The number of nitrogens with zero attached hydrogens (tertiary/aromatic N) is 1. The second kappa shape index (κ2) is 11.0. The van der Waals surface area contributed by atoms with Gasteiger partial charge in [-0.2, -0.15) is 0 Å². The highest BCUT2D eigenvalue weighted by atomic mass is 19.1. The summed E-state index contributed by atoms with van der Waals surface area (Å²) in [5.74, 6) is 1.42. The maximum Gasteiger partial charge on any atom is 0.222 e. The van der Waals surface area contributed by atoms with Gasteiger partial charge in [0, 0.05) is 26.1 Å². The third-order valence-corrected chi connectivity index (χ3v) is 6.50. The molecule has 1 amide bonds. The number of ether oxygens (including phenoxy) is 2. The van der Waals surface area contributed by atoms with Crippen LogP contribution in [0.1, 0.15) is 63.5 Å². The van der Waals surface area contributed by atoms with Crippen LogP contribution < -0.4 is 4.74 Å². The van der Waals surface area contributed by atoms with Crippen molar-refractivity contribution in [1.82, 2.24) is 4.90 Å². The highest BCUT2D eigenvalue weighted by Gasteiger charge is 2.34. The Hall–Kier alpha value is -2.40. The topological polar surface area (TPSA) is 38.8 Å². The predicted octanol–water partition coefficient (Wildman–Crippen LogP) is 5.95. The Bertz CT molecular complexity index is 863. The quantitative estimate of drug-likeness (QED) is 0.482. The van der Waals surface area contributed by atoms with E-state index in [-0.39, 0.29) is 23.2 Å². The first-order valence-electron chi connectivity index (χ1n) is 11.6. The van der Waals surface area contributed by atoms with Crippen molar-refractivity contribution in [2.24, 2.45) is 5.92 Å². The molecule has 0 N–H and O–H groups in total. The Labute approximate surface area is 191 Å². The molecule has 2 atom stereocenters. The summed E-state index contributed by atoms with van der Waals surface area (Å²) in [4.78, 5) is 14.7. The maximum absolute atomic E-state index is 13.6. The average molecular weight is 442 g/mol. The number of benzene rings is 2. The molecular weight excluding hydrogens is 405 g/mol. The van der Waals surface area contributed by atoms with Crippen LogP contribution in [0.4, 0.5) is 4.39 Å². The molecule has 2 aromatic carbocycles. The minimum atomic E-state index is -0.220. The van der Waals surface area contributed by atoms with Crippen molar-refractivity contribution in [3.8, 4) is 5.75 Å². The van der Waals surface area contributed by atoms with Crippen LogP contribution >= 0.6 is 0 Å². The fraction of sp³-hybridized carbons (Fsp3) is 0.519. The monoisotopic (exact) mass is 441 g/mol. The van der Waals surface area contributed by atoms with Gasteiger partial charge in [0.2, 0.25) is 5.91 Å². The van der Waals surface area contributed by atoms with Gasteiger partial charge in [-0.15, -0.1) is 0 Å². The van der Waals surface area contributed by atoms with E-state index >= 15 is 0 Å². The van der Waals surface area contributed by atoms with Crippen molar-refractivity contribution in [1.29, 1.82) is 0 Å². The van der Waals surface area contributed by atoms with E-state index < -0.39 is 0 Å². The summed E-state index contributed by atoms with van der Waals surface area (Å²) in [6, 6.07) is 14.7. The molecule has 174 valence electrons. The van der Waals surface area contributed by atoms with E-state index in [4.69, 9.17) is 9.47 Å². The number of hydrogen-bond acceptors (Lipinski definition) is 3. The molecule has 4 nitrogen and oxygen atoms in total. The van der Waals surface area contributed by atoms with Crippen molar-refractivity contribution < 1.29 is 18.7 Å². The lowest BCUT2D eigenvalue weighted by molar-refractivity contribution is -0.131. The molecule has 0 aliphatic carbocycles. The van der Waals surface area contributed by atoms with Gasteiger partial charge in [-0.05, 0) is 80.3 Å². The Balaban J connectivity index is 1.77. The van der Waals surface area contributed by atoms with Gasteiger partial charge in [0.1, 0.15) is 11.6 Å². The van der Waals surface area contributed by atoms with E-state index in [0.717, 1.165) is 42.7 Å². The van der Waals surface area contributed by atoms with Gasteiger partial charge in [0.25, 0.3) is 0 Å². The lowest BCUT2D eigenvalue weighted by atomic mass is 9.75. The number of carbonyl (C=O) groups is 1. The molecule has 1 heterocycles. The Morgan fingerprint density at radius 1 is 1.19 bits per heavy atom. The zero-order valence-electron chi connectivity index (χ0n) is 19.8. The summed E-state index contributed by atoms with van der Waals surface area (Å²) in [5.41, 5.74) is 2.06. The maximum atomic E-state index is 13.6. The minimum absolute atomic E-state index is 0.144. The summed E-state index contributed by atoms with van der Waals surface area (Å²) >= 11 is 0. The van der Waals surface area contributed by atoms with Crippen molar-refractivity contribution >= 4 is 5.91 Å². The van der Waals surface area contributed by atoms with Gasteiger partial charge in [-0.1, -0.05) is 31.2 Å². The van der Waals surface area contributed by atoms with E-state index in [1.807, 2.05) is 48.2 Å². The van der Waals surface area contributed by atoms with Crippen LogP contribution in [0.25, 0.3) is 0 Å². The molecule has 1 saturated heterocycles. The van der Waals surface area contributed by atoms with Gasteiger partial charge >= 0.3 is 0 Å². The zero-order chi connectivity index (χ0) is 23.1. The molecule has 1 aliphatic heterocycles. The standard InChI is InChI=1S/C27H36FNO3/c1-5-26(30)29(19-20-6-12-24(31-4)13-7-20)16-14-25(21-8-10-23(28)11-9-21)22-15-17-32-27(2,3)18-22/h6-13,22,25H,5,14-19H2,1-4H3/t22-,25-/m1/s1. The summed E-state index contributed by atoms with van der Waals surface area (Å²) < 4.78 is 24.8. The summed E-state index contributed by atoms with van der Waals surface area (Å²) in [7, 11) is 1.65. The first kappa shape index (κ1) is 24.2. The van der Waals surface area contributed by atoms with Crippen molar-refractivity contribution in [2.45, 2.75) is 64.5 Å². The molecule has 0 spiro atoms. The van der Waals surface area contributed by atoms with Crippen LogP contribution in [0.2, 0.25) is 0 Å². The Morgan fingerprint density at radius 3 is 2.47 bits per heavy atom. The molecule has 0 aromatic heterocycles. The van der Waals surface area contributed by atoms with Crippen LogP contribution in [0, 0.1) is 11.7 Å². The van der Waals surface area contributed by atoms with Gasteiger partial charge in [-0.25, -0.2) is 4.39 Å². The van der Waals surface area contributed by atoms with Crippen molar-refractivity contribution in [2.75, 3.05) is 20.3 Å². The molecule has 3 rings (SSSR count). The van der Waals surface area contributed by atoms with E-state index in [1.165, 1.54) is 0 Å². The first-order valence-corrected chi connectivity index (χ1v) is 11.6. The third kappa shape index (κ3) is 6.55. The van der Waals surface area contributed by atoms with Gasteiger partial charge in [0.05, 0.1) is 12.7 Å². The Morgan fingerprint density at radius 2 is 1.88 bits per heavy atom. The van der Waals surface area contributed by atoms with E-state index in [2.05, 4.69) is 13.8 Å². The predicted molar refractivity (Wildman–Crippen MR) is 125 cm³/mol. The average Bonchev–Trinajstić information content (AvgIpc) is 2.79. The summed E-state index contributed by atoms with van der Waals surface area (Å²) in [5, 5.41) is 0. The van der Waals surface area contributed by atoms with E-state index in [1.54, 1.807) is 19.2 Å². The largest absolute Gasteiger partial charge is 0.497 e. The fourth-order valence-electron chi connectivity index (χ4n) is 4.77. The second-order valence-electron chi connectivity index (χ2n) is 9.32. The van der Waals surface area contributed by atoms with E-state index in [9.17, 15) is 9.18 Å². The van der Waals surface area contributed by atoms with Crippen molar-refractivity contribution in [3.05, 3.63) is 65.5 Å². The van der Waals surface area contributed by atoms with Crippen LogP contribution in [0.15, 0.2) is 48.5 Å². The van der Waals surface area contributed by atoms with Crippen LogP contribution in [0.5, 0.6) is 5.75 Å². The van der Waals surface area contributed by atoms with E-state index in [0.29, 0.717) is 25.4 Å². The van der Waals surface area contributed by atoms with Crippen molar-refractivity contribution in [3.63, 3.8) is 0 Å².